The molecule has 10 heteroatoms. The first-order chi connectivity index (χ1) is 13.7. The topological polar surface area (TPSA) is 105 Å². The number of nitrogen functional groups attached to an aromatic ring is 1. The molecule has 0 radical (unpaired) electrons. The van der Waals surface area contributed by atoms with E-state index in [1.165, 1.54) is 18.5 Å². The molecule has 1 aromatic carbocycles. The Bertz CT molecular complexity index is 1190. The van der Waals surface area contributed by atoms with Crippen LogP contribution >= 0.6 is 11.6 Å². The van der Waals surface area contributed by atoms with Gasteiger partial charge in [0.15, 0.2) is 9.84 Å². The Balaban J connectivity index is 1.88. The highest BCUT2D eigenvalue weighted by Gasteiger charge is 2.22. The van der Waals surface area contributed by atoms with E-state index in [1.54, 1.807) is 12.1 Å². The number of rotatable bonds is 3. The Labute approximate surface area is 174 Å². The number of sulfone groups is 1. The number of piperazine rings is 1. The fourth-order valence-electron chi connectivity index (χ4n) is 3.47. The van der Waals surface area contributed by atoms with E-state index in [9.17, 15) is 8.42 Å². The molecule has 1 saturated heterocycles. The number of aromatic nitrogens is 3. The van der Waals surface area contributed by atoms with Gasteiger partial charge in [-0.15, -0.1) is 0 Å². The van der Waals surface area contributed by atoms with Crippen LogP contribution in [0.5, 0.6) is 0 Å². The summed E-state index contributed by atoms with van der Waals surface area (Å²) in [5, 5.41) is 1.18. The van der Waals surface area contributed by atoms with Gasteiger partial charge in [0.2, 0.25) is 0 Å². The standard InChI is InChI=1S/C19H21ClN6O2S/c1-25-5-7-26(8-6-25)19-13-9-14(20)12(10-15(13)22-11-23-19)18-16(29(2,27)28)3-4-17(21)24-18/h3-4,9-11H,5-8H2,1-2H3,(H2,21,24). The van der Waals surface area contributed by atoms with E-state index in [1.807, 2.05) is 0 Å². The zero-order valence-corrected chi connectivity index (χ0v) is 17.7. The van der Waals surface area contributed by atoms with E-state index in [4.69, 9.17) is 17.3 Å². The number of hydrogen-bond donors (Lipinski definition) is 1. The largest absolute Gasteiger partial charge is 0.384 e. The third-order valence-corrected chi connectivity index (χ3v) is 6.48. The quantitative estimate of drug-likeness (QED) is 0.670. The van der Waals surface area contributed by atoms with Crippen molar-refractivity contribution in [3.05, 3.63) is 35.6 Å². The van der Waals surface area contributed by atoms with E-state index in [0.717, 1.165) is 43.6 Å². The number of halogens is 1. The van der Waals surface area contributed by atoms with E-state index in [-0.39, 0.29) is 16.4 Å². The highest BCUT2D eigenvalue weighted by Crippen LogP contribution is 2.36. The van der Waals surface area contributed by atoms with Crippen molar-refractivity contribution in [2.45, 2.75) is 4.90 Å². The fourth-order valence-corrected chi connectivity index (χ4v) is 4.54. The Kier molecular flexibility index (Phi) is 5.05. The summed E-state index contributed by atoms with van der Waals surface area (Å²) in [6.07, 6.45) is 2.64. The number of nitrogens with two attached hydrogens (primary N) is 1. The van der Waals surface area contributed by atoms with E-state index >= 15 is 0 Å². The molecule has 0 saturated carbocycles. The predicted molar refractivity (Wildman–Crippen MR) is 115 cm³/mol. The van der Waals surface area contributed by atoms with Gasteiger partial charge in [-0.1, -0.05) is 11.6 Å². The third kappa shape index (κ3) is 3.85. The summed E-state index contributed by atoms with van der Waals surface area (Å²) in [4.78, 5) is 17.7. The molecule has 0 bridgehead atoms. The summed E-state index contributed by atoms with van der Waals surface area (Å²) in [6, 6.07) is 6.43. The smallest absolute Gasteiger partial charge is 0.177 e. The highest BCUT2D eigenvalue weighted by molar-refractivity contribution is 7.90. The number of hydrogen-bond acceptors (Lipinski definition) is 8. The SMILES string of the molecule is CN1CCN(c2ncnc3cc(-c4nc(N)ccc4S(C)(=O)=O)c(Cl)cc23)CC1. The van der Waals surface area contributed by atoms with Gasteiger partial charge in [0, 0.05) is 43.4 Å². The molecule has 8 nitrogen and oxygen atoms in total. The van der Waals surface area contributed by atoms with Crippen molar-refractivity contribution in [2.75, 3.05) is 50.1 Å². The predicted octanol–water partition coefficient (Wildman–Crippen LogP) is 2.08. The number of pyridine rings is 1. The van der Waals surface area contributed by atoms with E-state index in [2.05, 4.69) is 31.8 Å². The van der Waals surface area contributed by atoms with Gasteiger partial charge in [-0.05, 0) is 31.3 Å². The minimum absolute atomic E-state index is 0.0706. The van der Waals surface area contributed by atoms with Crippen LogP contribution in [0.25, 0.3) is 22.2 Å². The fraction of sp³-hybridized carbons (Fsp3) is 0.316. The molecule has 1 fully saturated rings. The summed E-state index contributed by atoms with van der Waals surface area (Å²) >= 11 is 6.59. The maximum Gasteiger partial charge on any atom is 0.177 e. The van der Waals surface area contributed by atoms with Crippen LogP contribution in [0.4, 0.5) is 11.6 Å². The lowest BCUT2D eigenvalue weighted by molar-refractivity contribution is 0.312. The minimum Gasteiger partial charge on any atom is -0.384 e. The van der Waals surface area contributed by atoms with Crippen molar-refractivity contribution >= 4 is 44.0 Å². The highest BCUT2D eigenvalue weighted by atomic mass is 35.5. The zero-order chi connectivity index (χ0) is 20.8. The summed E-state index contributed by atoms with van der Waals surface area (Å²) in [5.41, 5.74) is 7.17. The maximum absolute atomic E-state index is 12.2. The number of anilines is 2. The molecule has 152 valence electrons. The summed E-state index contributed by atoms with van der Waals surface area (Å²) in [7, 11) is -1.43. The van der Waals surface area contributed by atoms with Gasteiger partial charge in [0.25, 0.3) is 0 Å². The van der Waals surface area contributed by atoms with Crippen LogP contribution in [0.1, 0.15) is 0 Å². The van der Waals surface area contributed by atoms with Crippen LogP contribution < -0.4 is 10.6 Å². The molecule has 0 unspecified atom stereocenters. The van der Waals surface area contributed by atoms with Gasteiger partial charge in [0.1, 0.15) is 18.0 Å². The maximum atomic E-state index is 12.2. The number of fused-ring (bicyclic) bond motifs is 1. The second-order valence-electron chi connectivity index (χ2n) is 7.19. The number of nitrogens with zero attached hydrogens (tertiary/aromatic N) is 5. The molecule has 29 heavy (non-hydrogen) atoms. The summed E-state index contributed by atoms with van der Waals surface area (Å²) < 4.78 is 24.5. The number of likely N-dealkylation sites (N-methyl/N-ethyl adjacent to an activating group) is 1. The first-order valence-electron chi connectivity index (χ1n) is 9.09. The molecule has 1 aliphatic heterocycles. The Morgan fingerprint density at radius 2 is 1.83 bits per heavy atom. The van der Waals surface area contributed by atoms with Gasteiger partial charge in [0.05, 0.1) is 21.1 Å². The molecule has 2 N–H and O–H groups in total. The second-order valence-corrected chi connectivity index (χ2v) is 9.58. The molecule has 0 amide bonds. The summed E-state index contributed by atoms with van der Waals surface area (Å²) in [6.45, 7) is 3.61. The molecule has 3 aromatic rings. The first-order valence-corrected chi connectivity index (χ1v) is 11.4. The van der Waals surface area contributed by atoms with E-state index in [0.29, 0.717) is 16.1 Å². The average molecular weight is 433 g/mol. The summed E-state index contributed by atoms with van der Waals surface area (Å²) in [5.74, 6) is 1.03. The third-order valence-electron chi connectivity index (χ3n) is 5.04. The van der Waals surface area contributed by atoms with Crippen molar-refractivity contribution < 1.29 is 8.42 Å². The Morgan fingerprint density at radius 3 is 2.52 bits per heavy atom. The van der Waals surface area contributed by atoms with Gasteiger partial charge in [-0.2, -0.15) is 0 Å². The van der Waals surface area contributed by atoms with E-state index < -0.39 is 9.84 Å². The molecular formula is C19H21ClN6O2S. The lowest BCUT2D eigenvalue weighted by Gasteiger charge is -2.33. The minimum atomic E-state index is -3.52. The monoisotopic (exact) mass is 432 g/mol. The number of benzene rings is 1. The average Bonchev–Trinajstić information content (AvgIpc) is 2.67. The molecule has 0 aliphatic carbocycles. The molecule has 0 spiro atoms. The van der Waals surface area contributed by atoms with Crippen molar-refractivity contribution in [1.82, 2.24) is 19.9 Å². The molecule has 0 atom stereocenters. The van der Waals surface area contributed by atoms with Crippen molar-refractivity contribution in [3.8, 4) is 11.3 Å². The Morgan fingerprint density at radius 1 is 1.10 bits per heavy atom. The van der Waals surface area contributed by atoms with Gasteiger partial charge >= 0.3 is 0 Å². The molecule has 3 heterocycles. The van der Waals surface area contributed by atoms with Gasteiger partial charge in [-0.25, -0.2) is 23.4 Å². The Hall–Kier alpha value is -2.49. The lowest BCUT2D eigenvalue weighted by atomic mass is 10.1. The van der Waals surface area contributed by atoms with Crippen LogP contribution in [0.2, 0.25) is 5.02 Å². The van der Waals surface area contributed by atoms with Gasteiger partial charge < -0.3 is 15.5 Å². The van der Waals surface area contributed by atoms with Crippen LogP contribution in [0.15, 0.2) is 35.5 Å². The zero-order valence-electron chi connectivity index (χ0n) is 16.1. The molecule has 2 aromatic heterocycles. The normalized spacial score (nSPS) is 15.8. The second kappa shape index (κ2) is 7.40. The van der Waals surface area contributed by atoms with Crippen LogP contribution in [-0.2, 0) is 9.84 Å². The first kappa shape index (κ1) is 19.8. The van der Waals surface area contributed by atoms with Crippen molar-refractivity contribution in [1.29, 1.82) is 0 Å². The molecule has 4 rings (SSSR count). The van der Waals surface area contributed by atoms with Crippen molar-refractivity contribution in [3.63, 3.8) is 0 Å². The molecular weight excluding hydrogens is 412 g/mol. The molecule has 1 aliphatic rings. The van der Waals surface area contributed by atoms with Crippen LogP contribution in [0.3, 0.4) is 0 Å². The van der Waals surface area contributed by atoms with Gasteiger partial charge in [-0.3, -0.25) is 0 Å². The lowest BCUT2D eigenvalue weighted by Crippen LogP contribution is -2.44. The van der Waals surface area contributed by atoms with Crippen LogP contribution in [-0.4, -0.2) is 67.8 Å². The van der Waals surface area contributed by atoms with Crippen LogP contribution in [0, 0.1) is 0 Å². The van der Waals surface area contributed by atoms with Crippen molar-refractivity contribution in [2.24, 2.45) is 0 Å².